The largest absolute Gasteiger partial charge is 0.317 e. The predicted molar refractivity (Wildman–Crippen MR) is 75.7 cm³/mol. The average molecular weight is 249 g/mol. The van der Waals surface area contributed by atoms with Gasteiger partial charge in [-0.1, -0.05) is 25.7 Å². The zero-order chi connectivity index (χ0) is 13.0. The summed E-state index contributed by atoms with van der Waals surface area (Å²) < 4.78 is 2.05. The van der Waals surface area contributed by atoms with E-state index in [1.54, 1.807) is 0 Å². The molecular weight excluding hydrogens is 222 g/mol. The lowest BCUT2D eigenvalue weighted by atomic mass is 9.96. The van der Waals surface area contributed by atoms with Crippen molar-refractivity contribution < 1.29 is 0 Å². The van der Waals surface area contributed by atoms with Crippen molar-refractivity contribution in [3.63, 3.8) is 0 Å². The number of rotatable bonds is 6. The Labute approximate surface area is 111 Å². The SMILES string of the molecule is CNC(Cc1ccn(C(C)C)n1)CC1CCCC1. The van der Waals surface area contributed by atoms with Crippen LogP contribution < -0.4 is 5.32 Å². The highest BCUT2D eigenvalue weighted by Crippen LogP contribution is 2.29. The lowest BCUT2D eigenvalue weighted by molar-refractivity contribution is 0.398. The van der Waals surface area contributed by atoms with Gasteiger partial charge in [0.15, 0.2) is 0 Å². The zero-order valence-electron chi connectivity index (χ0n) is 12.0. The summed E-state index contributed by atoms with van der Waals surface area (Å²) in [6.07, 6.45) is 10.2. The fraction of sp³-hybridized carbons (Fsp3) is 0.800. The van der Waals surface area contributed by atoms with E-state index in [0.29, 0.717) is 12.1 Å². The molecule has 3 nitrogen and oxygen atoms in total. The van der Waals surface area contributed by atoms with E-state index >= 15 is 0 Å². The van der Waals surface area contributed by atoms with Gasteiger partial charge in [0.05, 0.1) is 5.69 Å². The molecule has 18 heavy (non-hydrogen) atoms. The molecule has 0 aromatic carbocycles. The summed E-state index contributed by atoms with van der Waals surface area (Å²) in [5, 5.41) is 8.12. The third-order valence-electron chi connectivity index (χ3n) is 4.15. The summed E-state index contributed by atoms with van der Waals surface area (Å²) in [6.45, 7) is 4.34. The first kappa shape index (κ1) is 13.6. The molecule has 0 amide bonds. The topological polar surface area (TPSA) is 29.9 Å². The summed E-state index contributed by atoms with van der Waals surface area (Å²) in [7, 11) is 2.08. The van der Waals surface area contributed by atoms with E-state index in [0.717, 1.165) is 12.3 Å². The summed E-state index contributed by atoms with van der Waals surface area (Å²) in [5.74, 6) is 0.939. The van der Waals surface area contributed by atoms with Crippen LogP contribution in [0.5, 0.6) is 0 Å². The van der Waals surface area contributed by atoms with Crippen LogP contribution in [0.15, 0.2) is 12.3 Å². The minimum Gasteiger partial charge on any atom is -0.317 e. The van der Waals surface area contributed by atoms with Crippen LogP contribution in [-0.2, 0) is 6.42 Å². The molecule has 0 saturated heterocycles. The van der Waals surface area contributed by atoms with Crippen molar-refractivity contribution in [2.24, 2.45) is 5.92 Å². The monoisotopic (exact) mass is 249 g/mol. The molecule has 1 heterocycles. The van der Waals surface area contributed by atoms with Crippen molar-refractivity contribution in [3.05, 3.63) is 18.0 Å². The Bertz CT molecular complexity index is 350. The van der Waals surface area contributed by atoms with Crippen molar-refractivity contribution in [2.45, 2.75) is 64.5 Å². The molecule has 102 valence electrons. The van der Waals surface area contributed by atoms with Crippen LogP contribution in [0, 0.1) is 5.92 Å². The highest BCUT2D eigenvalue weighted by Gasteiger charge is 2.20. The molecule has 0 bridgehead atoms. The third-order valence-corrected chi connectivity index (χ3v) is 4.15. The van der Waals surface area contributed by atoms with E-state index < -0.39 is 0 Å². The summed E-state index contributed by atoms with van der Waals surface area (Å²) >= 11 is 0. The van der Waals surface area contributed by atoms with Gasteiger partial charge in [0, 0.05) is 24.7 Å². The lowest BCUT2D eigenvalue weighted by Gasteiger charge is -2.19. The molecule has 1 N–H and O–H groups in total. The number of aromatic nitrogens is 2. The Morgan fingerprint density at radius 1 is 1.39 bits per heavy atom. The predicted octanol–water partition coefficient (Wildman–Crippen LogP) is 3.17. The second-order valence-electron chi connectivity index (χ2n) is 5.96. The maximum Gasteiger partial charge on any atom is 0.0640 e. The molecule has 1 atom stereocenters. The highest BCUT2D eigenvalue weighted by molar-refractivity contribution is 5.02. The standard InChI is InChI=1S/C15H27N3/c1-12(2)18-9-8-14(17-18)11-15(16-3)10-13-6-4-5-7-13/h8-9,12-13,15-16H,4-7,10-11H2,1-3H3. The van der Waals surface area contributed by atoms with Crippen LogP contribution in [0.25, 0.3) is 0 Å². The van der Waals surface area contributed by atoms with Gasteiger partial charge in [0.1, 0.15) is 0 Å². The normalized spacial score (nSPS) is 18.7. The zero-order valence-corrected chi connectivity index (χ0v) is 12.0. The van der Waals surface area contributed by atoms with Crippen molar-refractivity contribution in [1.29, 1.82) is 0 Å². The number of nitrogens with one attached hydrogen (secondary N) is 1. The van der Waals surface area contributed by atoms with E-state index in [1.165, 1.54) is 37.8 Å². The Kier molecular flexibility index (Phi) is 4.81. The van der Waals surface area contributed by atoms with Gasteiger partial charge < -0.3 is 5.32 Å². The van der Waals surface area contributed by atoms with Crippen LogP contribution in [0.1, 0.15) is 57.7 Å². The first-order valence-corrected chi connectivity index (χ1v) is 7.40. The van der Waals surface area contributed by atoms with Crippen molar-refractivity contribution in [2.75, 3.05) is 7.05 Å². The van der Waals surface area contributed by atoms with Crippen LogP contribution in [0.2, 0.25) is 0 Å². The molecule has 2 rings (SSSR count). The summed E-state index contributed by atoms with van der Waals surface area (Å²) in [6, 6.07) is 3.21. The molecule has 1 aliphatic carbocycles. The fourth-order valence-electron chi connectivity index (χ4n) is 2.98. The molecule has 1 aromatic heterocycles. The van der Waals surface area contributed by atoms with Crippen LogP contribution >= 0.6 is 0 Å². The van der Waals surface area contributed by atoms with Gasteiger partial charge >= 0.3 is 0 Å². The van der Waals surface area contributed by atoms with E-state index in [4.69, 9.17) is 0 Å². The molecular formula is C15H27N3. The number of nitrogens with zero attached hydrogens (tertiary/aromatic N) is 2. The van der Waals surface area contributed by atoms with E-state index in [9.17, 15) is 0 Å². The van der Waals surface area contributed by atoms with Gasteiger partial charge in [-0.15, -0.1) is 0 Å². The van der Waals surface area contributed by atoms with E-state index in [2.05, 4.69) is 48.3 Å². The van der Waals surface area contributed by atoms with Gasteiger partial charge in [-0.05, 0) is 39.3 Å². The maximum atomic E-state index is 4.65. The fourth-order valence-corrected chi connectivity index (χ4v) is 2.98. The highest BCUT2D eigenvalue weighted by atomic mass is 15.3. The molecule has 0 radical (unpaired) electrons. The first-order chi connectivity index (χ1) is 8.69. The van der Waals surface area contributed by atoms with Crippen molar-refractivity contribution >= 4 is 0 Å². The van der Waals surface area contributed by atoms with Crippen LogP contribution in [0.3, 0.4) is 0 Å². The van der Waals surface area contributed by atoms with Crippen LogP contribution in [0.4, 0.5) is 0 Å². The Hall–Kier alpha value is -0.830. The molecule has 1 aromatic rings. The van der Waals surface area contributed by atoms with Gasteiger partial charge in [0.2, 0.25) is 0 Å². The Morgan fingerprint density at radius 2 is 2.11 bits per heavy atom. The summed E-state index contributed by atoms with van der Waals surface area (Å²) in [5.41, 5.74) is 1.22. The number of hydrogen-bond acceptors (Lipinski definition) is 2. The Balaban J connectivity index is 1.88. The minimum absolute atomic E-state index is 0.460. The lowest BCUT2D eigenvalue weighted by Crippen LogP contribution is -2.29. The smallest absolute Gasteiger partial charge is 0.0640 e. The van der Waals surface area contributed by atoms with Crippen molar-refractivity contribution in [3.8, 4) is 0 Å². The third kappa shape index (κ3) is 3.58. The van der Waals surface area contributed by atoms with Crippen LogP contribution in [-0.4, -0.2) is 22.9 Å². The van der Waals surface area contributed by atoms with Gasteiger partial charge in [-0.3, -0.25) is 4.68 Å². The molecule has 1 unspecified atom stereocenters. The van der Waals surface area contributed by atoms with E-state index in [-0.39, 0.29) is 0 Å². The molecule has 1 aliphatic rings. The maximum absolute atomic E-state index is 4.65. The quantitative estimate of drug-likeness (QED) is 0.839. The van der Waals surface area contributed by atoms with E-state index in [1.807, 2.05) is 0 Å². The number of likely N-dealkylation sites (N-methyl/N-ethyl adjacent to an activating group) is 1. The molecule has 0 aliphatic heterocycles. The first-order valence-electron chi connectivity index (χ1n) is 7.40. The average Bonchev–Trinajstić information content (AvgIpc) is 2.99. The molecule has 1 fully saturated rings. The van der Waals surface area contributed by atoms with Gasteiger partial charge in [0.25, 0.3) is 0 Å². The van der Waals surface area contributed by atoms with Gasteiger partial charge in [-0.2, -0.15) is 5.10 Å². The Morgan fingerprint density at radius 3 is 2.67 bits per heavy atom. The second-order valence-corrected chi connectivity index (χ2v) is 5.96. The van der Waals surface area contributed by atoms with Crippen molar-refractivity contribution in [1.82, 2.24) is 15.1 Å². The molecule has 1 saturated carbocycles. The molecule has 0 spiro atoms. The minimum atomic E-state index is 0.460. The second kappa shape index (κ2) is 6.37. The molecule has 3 heteroatoms. The summed E-state index contributed by atoms with van der Waals surface area (Å²) in [4.78, 5) is 0. The van der Waals surface area contributed by atoms with Gasteiger partial charge in [-0.25, -0.2) is 0 Å². The number of hydrogen-bond donors (Lipinski definition) is 1.